The van der Waals surface area contributed by atoms with Crippen LogP contribution in [0.1, 0.15) is 43.0 Å². The van der Waals surface area contributed by atoms with Gasteiger partial charge in [0.2, 0.25) is 5.91 Å². The molecule has 0 saturated carbocycles. The summed E-state index contributed by atoms with van der Waals surface area (Å²) in [5, 5.41) is 7.16. The van der Waals surface area contributed by atoms with E-state index in [4.69, 9.17) is 0 Å². The summed E-state index contributed by atoms with van der Waals surface area (Å²) in [7, 11) is 0. The Hall–Kier alpha value is -2.28. The van der Waals surface area contributed by atoms with Crippen LogP contribution in [0.2, 0.25) is 0 Å². The number of pyridine rings is 1. The molecule has 1 spiro atoms. The number of nitrogens with one attached hydrogen (secondary N) is 1. The maximum absolute atomic E-state index is 12.4. The van der Waals surface area contributed by atoms with Gasteiger partial charge in [0.05, 0.1) is 18.8 Å². The highest BCUT2D eigenvalue weighted by atomic mass is 16.2. The van der Waals surface area contributed by atoms with Crippen molar-refractivity contribution < 1.29 is 4.79 Å². The van der Waals surface area contributed by atoms with Gasteiger partial charge >= 0.3 is 0 Å². The first-order valence-corrected chi connectivity index (χ1v) is 9.40. The molecule has 0 unspecified atom stereocenters. The minimum atomic E-state index is 0.258. The van der Waals surface area contributed by atoms with Gasteiger partial charge in [0.1, 0.15) is 5.82 Å². The van der Waals surface area contributed by atoms with Crippen LogP contribution < -0.4 is 0 Å². The van der Waals surface area contributed by atoms with Crippen molar-refractivity contribution in [3.8, 4) is 0 Å². The molecule has 2 saturated heterocycles. The zero-order valence-corrected chi connectivity index (χ0v) is 15.3. The number of nitrogens with zero attached hydrogens (tertiary/aromatic N) is 5. The second kappa shape index (κ2) is 7.15. The molecule has 2 aromatic heterocycles. The van der Waals surface area contributed by atoms with Crippen molar-refractivity contribution in [3.63, 3.8) is 0 Å². The molecule has 0 radical (unpaired) electrons. The highest BCUT2D eigenvalue weighted by Gasteiger charge is 2.41. The van der Waals surface area contributed by atoms with Gasteiger partial charge in [-0.25, -0.2) is 4.98 Å². The van der Waals surface area contributed by atoms with Crippen LogP contribution in [-0.2, 0) is 17.9 Å². The lowest BCUT2D eigenvalue weighted by atomic mass is 9.72. The summed E-state index contributed by atoms with van der Waals surface area (Å²) in [6, 6.07) is 5.89. The number of carbonyl (C=O) groups excluding carboxylic acids is 1. The molecule has 4 rings (SSSR count). The summed E-state index contributed by atoms with van der Waals surface area (Å²) in [6.07, 6.45) is 5.72. The molecule has 138 valence electrons. The van der Waals surface area contributed by atoms with Crippen LogP contribution in [0.25, 0.3) is 0 Å². The SMILES string of the molecule is Cc1nc(CN2CCC3(CCC(=O)N(Cc4ccccn4)C3)CC2)n[nH]1. The fourth-order valence-electron chi connectivity index (χ4n) is 4.19. The number of rotatable bonds is 4. The van der Waals surface area contributed by atoms with E-state index in [1.54, 1.807) is 6.20 Å². The average molecular weight is 354 g/mol. The van der Waals surface area contributed by atoms with E-state index in [1.807, 2.05) is 30.0 Å². The molecule has 26 heavy (non-hydrogen) atoms. The van der Waals surface area contributed by atoms with Gasteiger partial charge in [-0.1, -0.05) is 6.07 Å². The van der Waals surface area contributed by atoms with Crippen molar-refractivity contribution >= 4 is 5.91 Å². The van der Waals surface area contributed by atoms with Crippen LogP contribution in [0.3, 0.4) is 0 Å². The maximum Gasteiger partial charge on any atom is 0.222 e. The van der Waals surface area contributed by atoms with Crippen LogP contribution in [0.4, 0.5) is 0 Å². The third-order valence-corrected chi connectivity index (χ3v) is 5.75. The van der Waals surface area contributed by atoms with Gasteiger partial charge < -0.3 is 4.90 Å². The second-order valence-corrected chi connectivity index (χ2v) is 7.68. The largest absolute Gasteiger partial charge is 0.336 e. The zero-order chi connectivity index (χ0) is 18.0. The molecule has 4 heterocycles. The summed E-state index contributed by atoms with van der Waals surface area (Å²) in [5.41, 5.74) is 1.23. The number of likely N-dealkylation sites (tertiary alicyclic amines) is 2. The number of aryl methyl sites for hydroxylation is 1. The topological polar surface area (TPSA) is 78.0 Å². The second-order valence-electron chi connectivity index (χ2n) is 7.68. The van der Waals surface area contributed by atoms with Crippen LogP contribution in [0, 0.1) is 12.3 Å². The van der Waals surface area contributed by atoms with E-state index < -0.39 is 0 Å². The number of aromatic amines is 1. The fraction of sp³-hybridized carbons (Fsp3) is 0.579. The minimum absolute atomic E-state index is 0.258. The summed E-state index contributed by atoms with van der Waals surface area (Å²) >= 11 is 0. The normalized spacial score (nSPS) is 20.7. The van der Waals surface area contributed by atoms with E-state index >= 15 is 0 Å². The summed E-state index contributed by atoms with van der Waals surface area (Å²) < 4.78 is 0. The Morgan fingerprint density at radius 2 is 2.04 bits per heavy atom. The first-order chi connectivity index (χ1) is 12.6. The minimum Gasteiger partial charge on any atom is -0.336 e. The van der Waals surface area contributed by atoms with Crippen LogP contribution in [-0.4, -0.2) is 55.5 Å². The van der Waals surface area contributed by atoms with E-state index in [0.29, 0.717) is 13.0 Å². The monoisotopic (exact) mass is 354 g/mol. The number of amides is 1. The molecule has 1 N–H and O–H groups in total. The Morgan fingerprint density at radius 1 is 1.19 bits per heavy atom. The van der Waals surface area contributed by atoms with Gasteiger partial charge in [-0.3, -0.25) is 19.8 Å². The van der Waals surface area contributed by atoms with Crippen molar-refractivity contribution in [1.82, 2.24) is 30.0 Å². The van der Waals surface area contributed by atoms with Crippen molar-refractivity contribution in [2.45, 2.75) is 45.7 Å². The summed E-state index contributed by atoms with van der Waals surface area (Å²) in [4.78, 5) is 25.6. The van der Waals surface area contributed by atoms with E-state index in [2.05, 4.69) is 25.1 Å². The first kappa shape index (κ1) is 17.1. The maximum atomic E-state index is 12.4. The standard InChI is InChI=1S/C19H26N6O/c1-15-21-17(23-22-15)13-24-10-7-19(8-11-24)6-5-18(26)25(14-19)12-16-4-2-3-9-20-16/h2-4,9H,5-8,10-14H2,1H3,(H,21,22,23). The van der Waals surface area contributed by atoms with E-state index in [0.717, 1.165) is 62.8 Å². The third kappa shape index (κ3) is 3.77. The molecule has 7 nitrogen and oxygen atoms in total. The van der Waals surface area contributed by atoms with Crippen LogP contribution in [0.15, 0.2) is 24.4 Å². The molecule has 0 atom stereocenters. The Bertz CT molecular complexity index is 750. The number of aromatic nitrogens is 4. The third-order valence-electron chi connectivity index (χ3n) is 5.75. The molecule has 0 aliphatic carbocycles. The van der Waals surface area contributed by atoms with Gasteiger partial charge in [0, 0.05) is 19.2 Å². The predicted octanol–water partition coefficient (Wildman–Crippen LogP) is 1.91. The molecule has 1 amide bonds. The Labute approximate surface area is 153 Å². The van der Waals surface area contributed by atoms with Crippen LogP contribution >= 0.6 is 0 Å². The highest BCUT2D eigenvalue weighted by molar-refractivity contribution is 5.77. The number of piperidine rings is 2. The molecule has 2 aromatic rings. The Kier molecular flexibility index (Phi) is 4.72. The van der Waals surface area contributed by atoms with Crippen LogP contribution in [0.5, 0.6) is 0 Å². The summed E-state index contributed by atoms with van der Waals surface area (Å²) in [6.45, 7) is 6.30. The zero-order valence-electron chi connectivity index (χ0n) is 15.3. The van der Waals surface area contributed by atoms with Gasteiger partial charge in [-0.05, 0) is 56.8 Å². The number of carbonyl (C=O) groups is 1. The lowest BCUT2D eigenvalue weighted by Crippen LogP contribution is -2.51. The molecule has 2 aliphatic rings. The molecule has 0 bridgehead atoms. The van der Waals surface area contributed by atoms with Gasteiger partial charge in [0.25, 0.3) is 0 Å². The molecular formula is C19H26N6O. The lowest BCUT2D eigenvalue weighted by Gasteiger charge is -2.47. The van der Waals surface area contributed by atoms with Gasteiger partial charge in [-0.15, -0.1) is 0 Å². The Balaban J connectivity index is 1.36. The van der Waals surface area contributed by atoms with Crippen molar-refractivity contribution in [3.05, 3.63) is 41.7 Å². The molecule has 7 heteroatoms. The van der Waals surface area contributed by atoms with E-state index in [1.165, 1.54) is 0 Å². The number of hydrogen-bond donors (Lipinski definition) is 1. The molecule has 2 aliphatic heterocycles. The lowest BCUT2D eigenvalue weighted by molar-refractivity contribution is -0.140. The van der Waals surface area contributed by atoms with E-state index in [-0.39, 0.29) is 11.3 Å². The smallest absolute Gasteiger partial charge is 0.222 e. The fourth-order valence-corrected chi connectivity index (χ4v) is 4.19. The predicted molar refractivity (Wildman–Crippen MR) is 97.0 cm³/mol. The highest BCUT2D eigenvalue weighted by Crippen LogP contribution is 2.40. The van der Waals surface area contributed by atoms with Crippen molar-refractivity contribution in [2.24, 2.45) is 5.41 Å². The number of hydrogen-bond acceptors (Lipinski definition) is 5. The molecule has 2 fully saturated rings. The number of H-pyrrole nitrogens is 1. The van der Waals surface area contributed by atoms with Crippen molar-refractivity contribution in [1.29, 1.82) is 0 Å². The molecule has 0 aromatic carbocycles. The average Bonchev–Trinajstić information content (AvgIpc) is 3.06. The van der Waals surface area contributed by atoms with Gasteiger partial charge in [0.15, 0.2) is 5.82 Å². The van der Waals surface area contributed by atoms with Crippen molar-refractivity contribution in [2.75, 3.05) is 19.6 Å². The quantitative estimate of drug-likeness (QED) is 0.907. The molecular weight excluding hydrogens is 328 g/mol. The first-order valence-electron chi connectivity index (χ1n) is 9.40. The van der Waals surface area contributed by atoms with E-state index in [9.17, 15) is 4.79 Å². The van der Waals surface area contributed by atoms with Gasteiger partial charge in [-0.2, -0.15) is 5.10 Å². The Morgan fingerprint density at radius 3 is 2.73 bits per heavy atom. The summed E-state index contributed by atoms with van der Waals surface area (Å²) in [5.74, 6) is 2.00.